The van der Waals surface area contributed by atoms with Crippen molar-refractivity contribution in [3.05, 3.63) is 102 Å². The number of para-hydroxylation sites is 2. The second-order valence-electron chi connectivity index (χ2n) is 6.97. The standard InChI is InChI=1S/C24H22N4O2/c29-23(22-16-18-11-7-8-14-20(18)25-22)26-21(15-17-9-3-1-4-10-17)24(30)28-27-19-12-5-2-6-13-19/h1-14,16,21,25,27H,15H2,(H,26,29)(H,28,30). The number of aromatic nitrogens is 1. The molecule has 0 radical (unpaired) electrons. The summed E-state index contributed by atoms with van der Waals surface area (Å²) < 4.78 is 0. The van der Waals surface area contributed by atoms with Gasteiger partial charge < -0.3 is 10.3 Å². The Morgan fingerprint density at radius 1 is 0.833 bits per heavy atom. The lowest BCUT2D eigenvalue weighted by molar-refractivity contribution is -0.122. The van der Waals surface area contributed by atoms with Gasteiger partial charge in [-0.05, 0) is 29.8 Å². The fraction of sp³-hybridized carbons (Fsp3) is 0.0833. The first-order valence-corrected chi connectivity index (χ1v) is 9.72. The highest BCUT2D eigenvalue weighted by Gasteiger charge is 2.22. The van der Waals surface area contributed by atoms with Crippen LogP contribution in [0, 0.1) is 0 Å². The smallest absolute Gasteiger partial charge is 0.268 e. The van der Waals surface area contributed by atoms with Crippen LogP contribution in [0.2, 0.25) is 0 Å². The number of carbonyl (C=O) groups is 2. The Bertz CT molecular complexity index is 1110. The molecule has 2 amide bonds. The molecule has 1 aromatic heterocycles. The topological polar surface area (TPSA) is 86.0 Å². The molecule has 0 aliphatic heterocycles. The quantitative estimate of drug-likeness (QED) is 0.359. The molecule has 0 saturated heterocycles. The van der Waals surface area contributed by atoms with E-state index in [4.69, 9.17) is 0 Å². The Labute approximate surface area is 174 Å². The maximum Gasteiger partial charge on any atom is 0.268 e. The number of anilines is 1. The second kappa shape index (κ2) is 8.96. The van der Waals surface area contributed by atoms with Gasteiger partial charge in [0.25, 0.3) is 11.8 Å². The summed E-state index contributed by atoms with van der Waals surface area (Å²) >= 11 is 0. The van der Waals surface area contributed by atoms with E-state index in [0.29, 0.717) is 12.1 Å². The van der Waals surface area contributed by atoms with Crippen LogP contribution < -0.4 is 16.2 Å². The average Bonchev–Trinajstić information content (AvgIpc) is 3.23. The Balaban J connectivity index is 1.50. The lowest BCUT2D eigenvalue weighted by atomic mass is 10.1. The van der Waals surface area contributed by atoms with Crippen molar-refractivity contribution in [1.82, 2.24) is 15.7 Å². The van der Waals surface area contributed by atoms with Gasteiger partial charge in [0, 0.05) is 17.3 Å². The highest BCUT2D eigenvalue weighted by Crippen LogP contribution is 2.15. The summed E-state index contributed by atoms with van der Waals surface area (Å²) in [6.07, 6.45) is 0.370. The van der Waals surface area contributed by atoms with Crippen LogP contribution in [-0.4, -0.2) is 22.8 Å². The third kappa shape index (κ3) is 4.67. The van der Waals surface area contributed by atoms with Crippen LogP contribution >= 0.6 is 0 Å². The lowest BCUT2D eigenvalue weighted by Crippen LogP contribution is -2.49. The van der Waals surface area contributed by atoms with Crippen LogP contribution in [0.5, 0.6) is 0 Å². The molecule has 3 aromatic carbocycles. The number of H-pyrrole nitrogens is 1. The van der Waals surface area contributed by atoms with Gasteiger partial charge in [0.05, 0.1) is 5.69 Å². The number of nitrogens with one attached hydrogen (secondary N) is 4. The number of rotatable bonds is 7. The number of carbonyl (C=O) groups excluding carboxylic acids is 2. The summed E-state index contributed by atoms with van der Waals surface area (Å²) in [4.78, 5) is 28.8. The summed E-state index contributed by atoms with van der Waals surface area (Å²) in [5.41, 5.74) is 8.57. The number of fused-ring (bicyclic) bond motifs is 1. The molecule has 0 aliphatic rings. The first-order valence-electron chi connectivity index (χ1n) is 9.72. The molecule has 1 unspecified atom stereocenters. The van der Waals surface area contributed by atoms with E-state index >= 15 is 0 Å². The summed E-state index contributed by atoms with van der Waals surface area (Å²) in [7, 11) is 0. The van der Waals surface area contributed by atoms with Crippen LogP contribution in [0.1, 0.15) is 16.1 Å². The molecule has 0 saturated carbocycles. The van der Waals surface area contributed by atoms with Crippen LogP contribution in [-0.2, 0) is 11.2 Å². The number of hydrogen-bond acceptors (Lipinski definition) is 3. The first-order chi connectivity index (χ1) is 14.7. The maximum atomic E-state index is 12.9. The zero-order valence-electron chi connectivity index (χ0n) is 16.3. The Morgan fingerprint density at radius 2 is 1.50 bits per heavy atom. The summed E-state index contributed by atoms with van der Waals surface area (Å²) in [5, 5.41) is 3.80. The van der Waals surface area contributed by atoms with Gasteiger partial charge in [0.15, 0.2) is 0 Å². The summed E-state index contributed by atoms with van der Waals surface area (Å²) in [5.74, 6) is -0.658. The van der Waals surface area contributed by atoms with Crippen molar-refractivity contribution in [2.45, 2.75) is 12.5 Å². The first kappa shape index (κ1) is 19.3. The Hall–Kier alpha value is -4.06. The zero-order valence-corrected chi connectivity index (χ0v) is 16.3. The monoisotopic (exact) mass is 398 g/mol. The minimum atomic E-state index is -0.748. The minimum Gasteiger partial charge on any atom is -0.351 e. The Morgan fingerprint density at radius 3 is 2.23 bits per heavy atom. The van der Waals surface area contributed by atoms with Crippen molar-refractivity contribution in [2.24, 2.45) is 0 Å². The van der Waals surface area contributed by atoms with Crippen molar-refractivity contribution in [2.75, 3.05) is 5.43 Å². The molecular formula is C24H22N4O2. The molecule has 4 rings (SSSR count). The molecule has 1 heterocycles. The highest BCUT2D eigenvalue weighted by atomic mass is 16.2. The van der Waals surface area contributed by atoms with Crippen molar-refractivity contribution in [1.29, 1.82) is 0 Å². The van der Waals surface area contributed by atoms with Crippen molar-refractivity contribution in [3.8, 4) is 0 Å². The SMILES string of the molecule is O=C(NC(Cc1ccccc1)C(=O)NNc1ccccc1)c1cc2ccccc2[nH]1. The van der Waals surface area contributed by atoms with E-state index in [2.05, 4.69) is 21.2 Å². The van der Waals surface area contributed by atoms with E-state index < -0.39 is 6.04 Å². The predicted molar refractivity (Wildman–Crippen MR) is 118 cm³/mol. The van der Waals surface area contributed by atoms with Crippen LogP contribution in [0.15, 0.2) is 91.0 Å². The molecule has 1 atom stereocenters. The normalized spacial score (nSPS) is 11.6. The molecule has 4 aromatic rings. The fourth-order valence-corrected chi connectivity index (χ4v) is 3.23. The van der Waals surface area contributed by atoms with Crippen molar-refractivity contribution in [3.63, 3.8) is 0 Å². The third-order valence-corrected chi connectivity index (χ3v) is 4.78. The van der Waals surface area contributed by atoms with Gasteiger partial charge in [-0.15, -0.1) is 0 Å². The van der Waals surface area contributed by atoms with E-state index in [-0.39, 0.29) is 11.8 Å². The van der Waals surface area contributed by atoms with Gasteiger partial charge >= 0.3 is 0 Å². The van der Waals surface area contributed by atoms with Gasteiger partial charge in [-0.25, -0.2) is 0 Å². The molecule has 0 bridgehead atoms. The maximum absolute atomic E-state index is 12.9. The predicted octanol–water partition coefficient (Wildman–Crippen LogP) is 3.65. The number of hydrazine groups is 1. The highest BCUT2D eigenvalue weighted by molar-refractivity contribution is 6.00. The fourth-order valence-electron chi connectivity index (χ4n) is 3.23. The summed E-state index contributed by atoms with van der Waals surface area (Å²) in [6.45, 7) is 0. The number of aromatic amines is 1. The molecule has 0 aliphatic carbocycles. The second-order valence-corrected chi connectivity index (χ2v) is 6.97. The molecule has 0 spiro atoms. The Kier molecular flexibility index (Phi) is 5.75. The van der Waals surface area contributed by atoms with E-state index in [1.165, 1.54) is 0 Å². The minimum absolute atomic E-state index is 0.327. The zero-order chi connectivity index (χ0) is 20.8. The molecule has 30 heavy (non-hydrogen) atoms. The van der Waals surface area contributed by atoms with Crippen molar-refractivity contribution < 1.29 is 9.59 Å². The number of benzene rings is 3. The van der Waals surface area contributed by atoms with Crippen LogP contribution in [0.25, 0.3) is 10.9 Å². The van der Waals surface area contributed by atoms with Gasteiger partial charge in [-0.3, -0.25) is 20.4 Å². The average molecular weight is 398 g/mol. The molecular weight excluding hydrogens is 376 g/mol. The van der Waals surface area contributed by atoms with Gasteiger partial charge in [-0.2, -0.15) is 0 Å². The number of amides is 2. The van der Waals surface area contributed by atoms with Gasteiger partial charge in [0.2, 0.25) is 0 Å². The largest absolute Gasteiger partial charge is 0.351 e. The van der Waals surface area contributed by atoms with Crippen LogP contribution in [0.3, 0.4) is 0 Å². The molecule has 150 valence electrons. The van der Waals surface area contributed by atoms with E-state index in [9.17, 15) is 9.59 Å². The van der Waals surface area contributed by atoms with E-state index in [1.807, 2.05) is 84.9 Å². The lowest BCUT2D eigenvalue weighted by Gasteiger charge is -2.19. The van der Waals surface area contributed by atoms with Crippen LogP contribution in [0.4, 0.5) is 5.69 Å². The van der Waals surface area contributed by atoms with Gasteiger partial charge in [0.1, 0.15) is 11.7 Å². The number of hydrogen-bond donors (Lipinski definition) is 4. The van der Waals surface area contributed by atoms with E-state index in [1.54, 1.807) is 6.07 Å². The van der Waals surface area contributed by atoms with Crippen molar-refractivity contribution >= 4 is 28.4 Å². The molecule has 0 fully saturated rings. The van der Waals surface area contributed by atoms with E-state index in [0.717, 1.165) is 22.2 Å². The third-order valence-electron chi connectivity index (χ3n) is 4.78. The molecule has 4 N–H and O–H groups in total. The van der Waals surface area contributed by atoms with Gasteiger partial charge in [-0.1, -0.05) is 66.7 Å². The molecule has 6 heteroatoms. The summed E-state index contributed by atoms with van der Waals surface area (Å²) in [6, 6.07) is 27.6. The molecule has 6 nitrogen and oxygen atoms in total.